The van der Waals surface area contributed by atoms with Crippen molar-refractivity contribution >= 4 is 10.9 Å². The molecule has 0 unspecified atom stereocenters. The normalized spacial score (nSPS) is 20.7. The van der Waals surface area contributed by atoms with Gasteiger partial charge in [-0.05, 0) is 37.6 Å². The van der Waals surface area contributed by atoms with E-state index in [1.165, 1.54) is 18.9 Å². The second-order valence-electron chi connectivity index (χ2n) is 4.32. The van der Waals surface area contributed by atoms with Gasteiger partial charge in [0.05, 0.1) is 18.3 Å². The van der Waals surface area contributed by atoms with Crippen molar-refractivity contribution in [2.75, 3.05) is 6.54 Å². The number of benzene rings is 1. The maximum atomic E-state index is 13.2. The van der Waals surface area contributed by atoms with Gasteiger partial charge in [-0.15, -0.1) is 0 Å². The molecule has 0 bridgehead atoms. The fraction of sp³-hybridized carbons (Fsp3) is 0.417. The van der Waals surface area contributed by atoms with Gasteiger partial charge in [0.15, 0.2) is 0 Å². The Morgan fingerprint density at radius 1 is 1.50 bits per heavy atom. The van der Waals surface area contributed by atoms with Crippen LogP contribution in [-0.4, -0.2) is 22.4 Å². The van der Waals surface area contributed by atoms with Gasteiger partial charge >= 0.3 is 0 Å². The highest BCUT2D eigenvalue weighted by Gasteiger charge is 2.15. The smallest absolute Gasteiger partial charge is 0.125 e. The number of hydrogen-bond acceptors (Lipinski definition) is 2. The van der Waals surface area contributed by atoms with E-state index in [2.05, 4.69) is 10.4 Å². The standard InChI is InChI=1S/C12H14FN3/c13-10-4-3-9-7-15-16(12(9)6-10)8-11-2-1-5-14-11/h3-4,6-7,11,14H,1-2,5,8H2/t11-/m1/s1. The van der Waals surface area contributed by atoms with Gasteiger partial charge in [0.2, 0.25) is 0 Å². The van der Waals surface area contributed by atoms with Gasteiger partial charge in [-0.2, -0.15) is 5.10 Å². The van der Waals surface area contributed by atoms with Gasteiger partial charge in [-0.3, -0.25) is 4.68 Å². The minimum absolute atomic E-state index is 0.200. The van der Waals surface area contributed by atoms with E-state index in [-0.39, 0.29) is 5.82 Å². The molecule has 0 radical (unpaired) electrons. The van der Waals surface area contributed by atoms with E-state index in [0.717, 1.165) is 24.0 Å². The minimum Gasteiger partial charge on any atom is -0.312 e. The summed E-state index contributed by atoms with van der Waals surface area (Å²) < 4.78 is 15.0. The van der Waals surface area contributed by atoms with Crippen molar-refractivity contribution in [2.24, 2.45) is 0 Å². The van der Waals surface area contributed by atoms with E-state index in [0.29, 0.717) is 6.04 Å². The van der Waals surface area contributed by atoms with Crippen molar-refractivity contribution in [2.45, 2.75) is 25.4 Å². The molecule has 2 heterocycles. The number of fused-ring (bicyclic) bond motifs is 1. The van der Waals surface area contributed by atoms with Crippen LogP contribution in [0.15, 0.2) is 24.4 Å². The predicted molar refractivity (Wildman–Crippen MR) is 60.7 cm³/mol. The lowest BCUT2D eigenvalue weighted by atomic mass is 10.2. The molecule has 0 saturated carbocycles. The SMILES string of the molecule is Fc1ccc2cnn(C[C@H]3CCCN3)c2c1. The lowest BCUT2D eigenvalue weighted by Crippen LogP contribution is -2.27. The first kappa shape index (κ1) is 9.78. The van der Waals surface area contributed by atoms with Crippen molar-refractivity contribution in [1.82, 2.24) is 15.1 Å². The summed E-state index contributed by atoms with van der Waals surface area (Å²) in [5, 5.41) is 8.73. The van der Waals surface area contributed by atoms with Gasteiger partial charge in [0, 0.05) is 11.4 Å². The molecule has 1 atom stereocenters. The third-order valence-corrected chi connectivity index (χ3v) is 3.16. The predicted octanol–water partition coefficient (Wildman–Crippen LogP) is 1.93. The zero-order valence-corrected chi connectivity index (χ0v) is 8.99. The van der Waals surface area contributed by atoms with Crippen molar-refractivity contribution in [3.05, 3.63) is 30.2 Å². The summed E-state index contributed by atoms with van der Waals surface area (Å²) in [4.78, 5) is 0. The second-order valence-corrected chi connectivity index (χ2v) is 4.32. The van der Waals surface area contributed by atoms with Crippen LogP contribution in [0, 0.1) is 5.82 Å². The number of halogens is 1. The summed E-state index contributed by atoms with van der Waals surface area (Å²) in [5.41, 5.74) is 0.883. The molecule has 4 heteroatoms. The monoisotopic (exact) mass is 219 g/mol. The quantitative estimate of drug-likeness (QED) is 0.836. The van der Waals surface area contributed by atoms with Gasteiger partial charge in [0.25, 0.3) is 0 Å². The molecule has 3 nitrogen and oxygen atoms in total. The van der Waals surface area contributed by atoms with E-state index in [4.69, 9.17) is 0 Å². The molecule has 1 saturated heterocycles. The summed E-state index contributed by atoms with van der Waals surface area (Å²) in [6.45, 7) is 1.91. The van der Waals surface area contributed by atoms with Crippen LogP contribution in [0.5, 0.6) is 0 Å². The molecule has 0 amide bonds. The summed E-state index contributed by atoms with van der Waals surface area (Å²) in [6.07, 6.45) is 4.19. The van der Waals surface area contributed by atoms with Crippen molar-refractivity contribution in [3.8, 4) is 0 Å². The zero-order valence-electron chi connectivity index (χ0n) is 8.99. The molecule has 1 aromatic heterocycles. The molecule has 1 aliphatic rings. The largest absolute Gasteiger partial charge is 0.312 e. The van der Waals surface area contributed by atoms with Crippen LogP contribution in [0.4, 0.5) is 4.39 Å². The zero-order chi connectivity index (χ0) is 11.0. The first-order chi connectivity index (χ1) is 7.83. The Balaban J connectivity index is 1.93. The van der Waals surface area contributed by atoms with Crippen LogP contribution in [0.25, 0.3) is 10.9 Å². The van der Waals surface area contributed by atoms with Crippen LogP contribution in [-0.2, 0) is 6.54 Å². The van der Waals surface area contributed by atoms with Crippen LogP contribution >= 0.6 is 0 Å². The maximum Gasteiger partial charge on any atom is 0.125 e. The Morgan fingerprint density at radius 3 is 3.25 bits per heavy atom. The Labute approximate surface area is 93.3 Å². The molecule has 0 spiro atoms. The summed E-state index contributed by atoms with van der Waals surface area (Å²) in [6, 6.07) is 5.28. The van der Waals surface area contributed by atoms with E-state index in [9.17, 15) is 4.39 Å². The van der Waals surface area contributed by atoms with E-state index in [1.807, 2.05) is 4.68 Å². The summed E-state index contributed by atoms with van der Waals surface area (Å²) in [5.74, 6) is -0.200. The molecule has 3 rings (SSSR count). The summed E-state index contributed by atoms with van der Waals surface area (Å²) in [7, 11) is 0. The first-order valence-corrected chi connectivity index (χ1v) is 5.67. The minimum atomic E-state index is -0.200. The molecule has 16 heavy (non-hydrogen) atoms. The van der Waals surface area contributed by atoms with Crippen LogP contribution in [0.1, 0.15) is 12.8 Å². The molecule has 2 aromatic rings. The number of aromatic nitrogens is 2. The molecule has 1 fully saturated rings. The Hall–Kier alpha value is -1.42. The molecule has 0 aliphatic carbocycles. The van der Waals surface area contributed by atoms with Gasteiger partial charge in [-0.1, -0.05) is 0 Å². The van der Waals surface area contributed by atoms with E-state index < -0.39 is 0 Å². The molecule has 1 N–H and O–H groups in total. The number of rotatable bonds is 2. The van der Waals surface area contributed by atoms with E-state index >= 15 is 0 Å². The third-order valence-electron chi connectivity index (χ3n) is 3.16. The second kappa shape index (κ2) is 3.87. The van der Waals surface area contributed by atoms with Gasteiger partial charge in [0.1, 0.15) is 5.82 Å². The third kappa shape index (κ3) is 1.69. The number of hydrogen-bond donors (Lipinski definition) is 1. The average molecular weight is 219 g/mol. The fourth-order valence-electron chi connectivity index (χ4n) is 2.31. The maximum absolute atomic E-state index is 13.2. The molecule has 84 valence electrons. The van der Waals surface area contributed by atoms with Crippen molar-refractivity contribution in [1.29, 1.82) is 0 Å². The lowest BCUT2D eigenvalue weighted by molar-refractivity contribution is 0.485. The fourth-order valence-corrected chi connectivity index (χ4v) is 2.31. The Bertz CT molecular complexity index is 500. The van der Waals surface area contributed by atoms with Crippen molar-refractivity contribution in [3.63, 3.8) is 0 Å². The van der Waals surface area contributed by atoms with Crippen molar-refractivity contribution < 1.29 is 4.39 Å². The lowest BCUT2D eigenvalue weighted by Gasteiger charge is -2.10. The van der Waals surface area contributed by atoms with Crippen LogP contribution < -0.4 is 5.32 Å². The Kier molecular flexibility index (Phi) is 2.36. The molecular formula is C12H14FN3. The molecular weight excluding hydrogens is 205 g/mol. The highest BCUT2D eigenvalue weighted by atomic mass is 19.1. The topological polar surface area (TPSA) is 29.9 Å². The van der Waals surface area contributed by atoms with Crippen LogP contribution in [0.3, 0.4) is 0 Å². The highest BCUT2D eigenvalue weighted by molar-refractivity contribution is 5.78. The number of nitrogens with one attached hydrogen (secondary N) is 1. The first-order valence-electron chi connectivity index (χ1n) is 5.67. The Morgan fingerprint density at radius 2 is 2.44 bits per heavy atom. The molecule has 1 aromatic carbocycles. The van der Waals surface area contributed by atoms with E-state index in [1.54, 1.807) is 18.3 Å². The van der Waals surface area contributed by atoms with Gasteiger partial charge < -0.3 is 5.32 Å². The van der Waals surface area contributed by atoms with Gasteiger partial charge in [-0.25, -0.2) is 4.39 Å². The van der Waals surface area contributed by atoms with Crippen LogP contribution in [0.2, 0.25) is 0 Å². The summed E-state index contributed by atoms with van der Waals surface area (Å²) >= 11 is 0. The number of nitrogens with zero attached hydrogens (tertiary/aromatic N) is 2. The highest BCUT2D eigenvalue weighted by Crippen LogP contribution is 2.16. The molecule has 1 aliphatic heterocycles. The average Bonchev–Trinajstić information content (AvgIpc) is 2.90.